The molecule has 0 saturated carbocycles. The van der Waals surface area contributed by atoms with E-state index < -0.39 is 13.8 Å². The summed E-state index contributed by atoms with van der Waals surface area (Å²) in [5, 5.41) is 17.8. The molecule has 0 bridgehead atoms. The zero-order valence-electron chi connectivity index (χ0n) is 7.20. The zero-order valence-corrected chi connectivity index (χ0v) is 7.20. The molecule has 0 aliphatic rings. The van der Waals surface area contributed by atoms with Crippen molar-refractivity contribution in [1.82, 2.24) is 0 Å². The van der Waals surface area contributed by atoms with Gasteiger partial charge in [0, 0.05) is 5.46 Å². The summed E-state index contributed by atoms with van der Waals surface area (Å²) >= 11 is 0. The van der Waals surface area contributed by atoms with Crippen molar-refractivity contribution in [3.63, 3.8) is 0 Å². The Bertz CT molecular complexity index is 291. The Hall–Kier alpha value is -1.07. The van der Waals surface area contributed by atoms with Gasteiger partial charge in [-0.2, -0.15) is 0 Å². The molecule has 0 amide bonds. The van der Waals surface area contributed by atoms with Crippen LogP contribution in [0.15, 0.2) is 18.2 Å². The first kappa shape index (κ1) is 10.0. The number of methoxy groups -OCH3 is 1. The summed E-state index contributed by atoms with van der Waals surface area (Å²) < 4.78 is 17.1. The van der Waals surface area contributed by atoms with E-state index in [4.69, 9.17) is 14.8 Å². The van der Waals surface area contributed by atoms with Crippen molar-refractivity contribution in [2.75, 3.05) is 7.11 Å². The van der Waals surface area contributed by atoms with Gasteiger partial charge in [0.1, 0.15) is 12.4 Å². The van der Waals surface area contributed by atoms with Gasteiger partial charge in [0.25, 0.3) is 0 Å². The first-order valence-electron chi connectivity index (χ1n) is 3.78. The Kier molecular flexibility index (Phi) is 3.28. The molecule has 3 nitrogen and oxygen atoms in total. The molecule has 5 heteroatoms. The SMILES string of the molecule is COc1ccc(CF)cc1B(O)O. The molecule has 2 N–H and O–H groups in total. The minimum absolute atomic E-state index is 0.178. The summed E-state index contributed by atoms with van der Waals surface area (Å²) in [5.41, 5.74) is 0.571. The van der Waals surface area contributed by atoms with Crippen molar-refractivity contribution in [2.24, 2.45) is 0 Å². The topological polar surface area (TPSA) is 49.7 Å². The lowest BCUT2D eigenvalue weighted by Gasteiger charge is -2.08. The van der Waals surface area contributed by atoms with Gasteiger partial charge in [0.15, 0.2) is 0 Å². The van der Waals surface area contributed by atoms with E-state index >= 15 is 0 Å². The third-order valence-corrected chi connectivity index (χ3v) is 1.73. The Morgan fingerprint density at radius 2 is 2.15 bits per heavy atom. The number of ether oxygens (including phenoxy) is 1. The minimum Gasteiger partial charge on any atom is -0.497 e. The van der Waals surface area contributed by atoms with E-state index in [0.717, 1.165) is 0 Å². The molecule has 13 heavy (non-hydrogen) atoms. The fourth-order valence-electron chi connectivity index (χ4n) is 1.07. The maximum absolute atomic E-state index is 12.2. The minimum atomic E-state index is -1.64. The monoisotopic (exact) mass is 184 g/mol. The van der Waals surface area contributed by atoms with Crippen molar-refractivity contribution in [1.29, 1.82) is 0 Å². The molecule has 1 aromatic rings. The number of halogens is 1. The van der Waals surface area contributed by atoms with Crippen LogP contribution in [0.2, 0.25) is 0 Å². The van der Waals surface area contributed by atoms with E-state index in [1.165, 1.54) is 25.3 Å². The lowest BCUT2D eigenvalue weighted by Crippen LogP contribution is -2.31. The highest BCUT2D eigenvalue weighted by Crippen LogP contribution is 2.10. The number of alkyl halides is 1. The van der Waals surface area contributed by atoms with Gasteiger partial charge < -0.3 is 14.8 Å². The Morgan fingerprint density at radius 3 is 2.62 bits per heavy atom. The molecule has 0 atom stereocenters. The second kappa shape index (κ2) is 4.25. The third-order valence-electron chi connectivity index (χ3n) is 1.73. The molecule has 0 aliphatic carbocycles. The van der Waals surface area contributed by atoms with Gasteiger partial charge in [-0.1, -0.05) is 12.1 Å². The van der Waals surface area contributed by atoms with Gasteiger partial charge in [-0.3, -0.25) is 0 Å². The van der Waals surface area contributed by atoms with E-state index in [1.807, 2.05) is 0 Å². The van der Waals surface area contributed by atoms with Crippen LogP contribution in [0, 0.1) is 0 Å². The summed E-state index contributed by atoms with van der Waals surface area (Å²) in [6, 6.07) is 4.40. The van der Waals surface area contributed by atoms with Crippen LogP contribution < -0.4 is 10.2 Å². The highest BCUT2D eigenvalue weighted by Gasteiger charge is 2.17. The highest BCUT2D eigenvalue weighted by molar-refractivity contribution is 6.59. The first-order chi connectivity index (χ1) is 6.19. The summed E-state index contributed by atoms with van der Waals surface area (Å²) in [6.45, 7) is -0.635. The second-order valence-corrected chi connectivity index (χ2v) is 2.58. The molecule has 70 valence electrons. The van der Waals surface area contributed by atoms with Gasteiger partial charge in [-0.25, -0.2) is 4.39 Å². The highest BCUT2D eigenvalue weighted by atomic mass is 19.1. The van der Waals surface area contributed by atoms with Gasteiger partial charge in [0.05, 0.1) is 7.11 Å². The molecule has 0 unspecified atom stereocenters. The summed E-state index contributed by atoms with van der Waals surface area (Å²) in [5.74, 6) is 0.340. The predicted octanol–water partition coefficient (Wildman–Crippen LogP) is -0.155. The van der Waals surface area contributed by atoms with Gasteiger partial charge in [-0.05, 0) is 11.6 Å². The molecule has 1 rings (SSSR count). The van der Waals surface area contributed by atoms with Gasteiger partial charge >= 0.3 is 7.12 Å². The van der Waals surface area contributed by atoms with Crippen LogP contribution in [0.1, 0.15) is 5.56 Å². The number of rotatable bonds is 3. The molecule has 1 aromatic carbocycles. The van der Waals surface area contributed by atoms with E-state index in [2.05, 4.69) is 0 Å². The van der Waals surface area contributed by atoms with E-state index in [1.54, 1.807) is 0 Å². The van der Waals surface area contributed by atoms with Crippen molar-refractivity contribution in [3.8, 4) is 5.75 Å². The average molecular weight is 184 g/mol. The van der Waals surface area contributed by atoms with E-state index in [0.29, 0.717) is 11.3 Å². The lowest BCUT2D eigenvalue weighted by molar-refractivity contribution is 0.402. The largest absolute Gasteiger partial charge is 0.497 e. The fourth-order valence-corrected chi connectivity index (χ4v) is 1.07. The van der Waals surface area contributed by atoms with E-state index in [9.17, 15) is 4.39 Å². The Balaban J connectivity index is 3.10. The predicted molar refractivity (Wildman–Crippen MR) is 47.6 cm³/mol. The van der Waals surface area contributed by atoms with Gasteiger partial charge in [-0.15, -0.1) is 0 Å². The molecule has 0 aliphatic heterocycles. The quantitative estimate of drug-likeness (QED) is 0.642. The molecule has 0 radical (unpaired) electrons. The molecule has 0 saturated heterocycles. The van der Waals surface area contributed by atoms with Crippen LogP contribution in [-0.2, 0) is 6.67 Å². The molecule has 0 spiro atoms. The van der Waals surface area contributed by atoms with Crippen molar-refractivity contribution < 1.29 is 19.2 Å². The molecule has 0 heterocycles. The molecular weight excluding hydrogens is 174 g/mol. The zero-order chi connectivity index (χ0) is 9.84. The van der Waals surface area contributed by atoms with Crippen LogP contribution in [0.5, 0.6) is 5.75 Å². The van der Waals surface area contributed by atoms with E-state index in [-0.39, 0.29) is 5.46 Å². The number of hydrogen-bond donors (Lipinski definition) is 2. The number of hydrogen-bond acceptors (Lipinski definition) is 3. The molecular formula is C8H10BFO3. The Morgan fingerprint density at radius 1 is 1.46 bits per heavy atom. The standard InChI is InChI=1S/C8H10BFO3/c1-13-8-3-2-6(5-10)4-7(8)9(11)12/h2-4,11-12H,5H2,1H3. The van der Waals surface area contributed by atoms with Crippen LogP contribution in [0.3, 0.4) is 0 Å². The first-order valence-corrected chi connectivity index (χ1v) is 3.78. The van der Waals surface area contributed by atoms with Gasteiger partial charge in [0.2, 0.25) is 0 Å². The molecule has 0 aromatic heterocycles. The van der Waals surface area contributed by atoms with Crippen molar-refractivity contribution in [2.45, 2.75) is 6.67 Å². The summed E-state index contributed by atoms with van der Waals surface area (Å²) in [7, 11) is -0.225. The van der Waals surface area contributed by atoms with Crippen LogP contribution >= 0.6 is 0 Å². The maximum atomic E-state index is 12.2. The Labute approximate surface area is 75.9 Å². The average Bonchev–Trinajstić information content (AvgIpc) is 2.16. The summed E-state index contributed by atoms with van der Waals surface area (Å²) in [4.78, 5) is 0. The van der Waals surface area contributed by atoms with Crippen LogP contribution in [-0.4, -0.2) is 24.3 Å². The van der Waals surface area contributed by atoms with Crippen molar-refractivity contribution >= 4 is 12.6 Å². The van der Waals surface area contributed by atoms with Crippen LogP contribution in [0.4, 0.5) is 4.39 Å². The summed E-state index contributed by atoms with van der Waals surface area (Å²) in [6.07, 6.45) is 0. The lowest BCUT2D eigenvalue weighted by atomic mass is 9.79. The molecule has 0 fully saturated rings. The third kappa shape index (κ3) is 2.20. The van der Waals surface area contributed by atoms with Crippen molar-refractivity contribution in [3.05, 3.63) is 23.8 Å². The number of benzene rings is 1. The smallest absolute Gasteiger partial charge is 0.492 e. The normalized spacial score (nSPS) is 9.85. The second-order valence-electron chi connectivity index (χ2n) is 2.58. The van der Waals surface area contributed by atoms with Crippen LogP contribution in [0.25, 0.3) is 0 Å². The maximum Gasteiger partial charge on any atom is 0.492 e. The fraction of sp³-hybridized carbons (Fsp3) is 0.250.